The van der Waals surface area contributed by atoms with Crippen molar-refractivity contribution in [3.8, 4) is 17.6 Å². The largest absolute Gasteiger partial charge is 0.573 e. The number of hydrogen-bond acceptors (Lipinski definition) is 4. The Morgan fingerprint density at radius 3 is 2.58 bits per heavy atom. The van der Waals surface area contributed by atoms with Crippen LogP contribution in [0.4, 0.5) is 23.7 Å². The standard InChI is InChI=1S/C18H15F3N2O3/c19-18(20,21)26-16-11-13(8-9-15(16)22)7-4-10-23-17(24)25-12-14-5-2-1-3-6-14/h1-3,5-6,8-9,11H,10,12,22H2,(H,23,24). The zero-order chi connectivity index (χ0) is 19.0. The summed E-state index contributed by atoms with van der Waals surface area (Å²) < 4.78 is 45.6. The number of nitrogen functional groups attached to an aromatic ring is 1. The zero-order valence-electron chi connectivity index (χ0n) is 13.5. The van der Waals surface area contributed by atoms with Crippen LogP contribution in [-0.2, 0) is 11.3 Å². The van der Waals surface area contributed by atoms with Crippen LogP contribution in [0.3, 0.4) is 0 Å². The SMILES string of the molecule is Nc1ccc(C#CCNC(=O)OCc2ccccc2)cc1OC(F)(F)F. The van der Waals surface area contributed by atoms with Crippen molar-refractivity contribution in [1.82, 2.24) is 5.32 Å². The van der Waals surface area contributed by atoms with E-state index in [0.717, 1.165) is 11.6 Å². The van der Waals surface area contributed by atoms with Crippen molar-refractivity contribution in [2.45, 2.75) is 13.0 Å². The van der Waals surface area contributed by atoms with Crippen LogP contribution in [0.5, 0.6) is 5.75 Å². The Morgan fingerprint density at radius 1 is 1.15 bits per heavy atom. The van der Waals surface area contributed by atoms with Crippen LogP contribution < -0.4 is 15.8 Å². The average Bonchev–Trinajstić information content (AvgIpc) is 2.59. The van der Waals surface area contributed by atoms with E-state index in [0.29, 0.717) is 0 Å². The van der Waals surface area contributed by atoms with Gasteiger partial charge >= 0.3 is 12.5 Å². The number of alkyl carbamates (subject to hydrolysis) is 1. The topological polar surface area (TPSA) is 73.6 Å². The van der Waals surface area contributed by atoms with Gasteiger partial charge in [0, 0.05) is 5.56 Å². The highest BCUT2D eigenvalue weighted by molar-refractivity contribution is 5.67. The molecule has 0 unspecified atom stereocenters. The molecule has 5 nitrogen and oxygen atoms in total. The van der Waals surface area contributed by atoms with Crippen LogP contribution in [0.1, 0.15) is 11.1 Å². The first-order valence-corrected chi connectivity index (χ1v) is 7.42. The summed E-state index contributed by atoms with van der Waals surface area (Å²) in [5.41, 5.74) is 6.37. The number of halogens is 3. The molecule has 0 atom stereocenters. The van der Waals surface area contributed by atoms with Gasteiger partial charge in [-0.1, -0.05) is 42.2 Å². The fraction of sp³-hybridized carbons (Fsp3) is 0.167. The van der Waals surface area contributed by atoms with E-state index in [1.54, 1.807) is 0 Å². The molecule has 0 aliphatic carbocycles. The fourth-order valence-corrected chi connectivity index (χ4v) is 1.86. The summed E-state index contributed by atoms with van der Waals surface area (Å²) in [5.74, 6) is 4.68. The maximum absolute atomic E-state index is 12.3. The molecular formula is C18H15F3N2O3. The molecule has 0 saturated heterocycles. The van der Waals surface area contributed by atoms with Crippen LogP contribution in [-0.4, -0.2) is 19.0 Å². The number of carbonyl (C=O) groups is 1. The molecule has 8 heteroatoms. The van der Waals surface area contributed by atoms with Gasteiger partial charge < -0.3 is 20.5 Å². The number of amides is 1. The van der Waals surface area contributed by atoms with Crippen LogP contribution in [0.2, 0.25) is 0 Å². The maximum atomic E-state index is 12.3. The van der Waals surface area contributed by atoms with E-state index in [-0.39, 0.29) is 24.4 Å². The Morgan fingerprint density at radius 2 is 1.88 bits per heavy atom. The van der Waals surface area contributed by atoms with Crippen molar-refractivity contribution in [3.05, 3.63) is 59.7 Å². The minimum absolute atomic E-state index is 0.0343. The monoisotopic (exact) mass is 364 g/mol. The Labute approximate surface area is 147 Å². The molecular weight excluding hydrogens is 349 g/mol. The molecule has 3 N–H and O–H groups in total. The number of carbonyl (C=O) groups excluding carboxylic acids is 1. The van der Waals surface area contributed by atoms with E-state index in [9.17, 15) is 18.0 Å². The van der Waals surface area contributed by atoms with E-state index in [1.807, 2.05) is 30.3 Å². The molecule has 0 fully saturated rings. The predicted molar refractivity (Wildman–Crippen MR) is 89.0 cm³/mol. The van der Waals surface area contributed by atoms with Crippen LogP contribution in [0.15, 0.2) is 48.5 Å². The minimum atomic E-state index is -4.84. The van der Waals surface area contributed by atoms with Crippen LogP contribution in [0.25, 0.3) is 0 Å². The highest BCUT2D eigenvalue weighted by Crippen LogP contribution is 2.28. The number of alkyl halides is 3. The lowest BCUT2D eigenvalue weighted by Crippen LogP contribution is -2.24. The minimum Gasteiger partial charge on any atom is -0.445 e. The van der Waals surface area contributed by atoms with Gasteiger partial charge in [0.25, 0.3) is 0 Å². The molecule has 0 saturated carbocycles. The van der Waals surface area contributed by atoms with Gasteiger partial charge in [0.2, 0.25) is 0 Å². The van der Waals surface area contributed by atoms with Crippen LogP contribution in [0, 0.1) is 11.8 Å². The van der Waals surface area contributed by atoms with Gasteiger partial charge in [0.15, 0.2) is 5.75 Å². The van der Waals surface area contributed by atoms with Crippen molar-refractivity contribution in [1.29, 1.82) is 0 Å². The van der Waals surface area contributed by atoms with Gasteiger partial charge in [-0.15, -0.1) is 13.2 Å². The summed E-state index contributed by atoms with van der Waals surface area (Å²) in [7, 11) is 0. The molecule has 0 aliphatic rings. The highest BCUT2D eigenvalue weighted by atomic mass is 19.4. The molecule has 0 heterocycles. The molecule has 0 radical (unpaired) electrons. The van der Waals surface area contributed by atoms with Gasteiger partial charge in [0.05, 0.1) is 12.2 Å². The van der Waals surface area contributed by atoms with Gasteiger partial charge in [-0.3, -0.25) is 0 Å². The number of nitrogens with one attached hydrogen (secondary N) is 1. The van der Waals surface area contributed by atoms with Gasteiger partial charge in [-0.25, -0.2) is 4.79 Å². The highest BCUT2D eigenvalue weighted by Gasteiger charge is 2.31. The van der Waals surface area contributed by atoms with E-state index in [4.69, 9.17) is 10.5 Å². The molecule has 0 aromatic heterocycles. The first kappa shape index (κ1) is 19.0. The van der Waals surface area contributed by atoms with E-state index < -0.39 is 18.2 Å². The third-order valence-corrected chi connectivity index (χ3v) is 3.01. The zero-order valence-corrected chi connectivity index (χ0v) is 13.5. The van der Waals surface area contributed by atoms with E-state index in [1.165, 1.54) is 12.1 Å². The Bertz CT molecular complexity index is 812. The average molecular weight is 364 g/mol. The summed E-state index contributed by atoms with van der Waals surface area (Å²) in [6.07, 6.45) is -5.49. The first-order chi connectivity index (χ1) is 12.3. The Hall–Kier alpha value is -3.34. The van der Waals surface area contributed by atoms with Gasteiger partial charge in [0.1, 0.15) is 6.61 Å². The second kappa shape index (κ2) is 8.67. The maximum Gasteiger partial charge on any atom is 0.573 e. The quantitative estimate of drug-likeness (QED) is 0.644. The Kier molecular flexibility index (Phi) is 6.33. The van der Waals surface area contributed by atoms with Gasteiger partial charge in [-0.2, -0.15) is 0 Å². The van der Waals surface area contributed by atoms with E-state index in [2.05, 4.69) is 21.9 Å². The summed E-state index contributed by atoms with van der Waals surface area (Å²) in [6, 6.07) is 12.9. The van der Waals surface area contributed by atoms with Gasteiger partial charge in [-0.05, 0) is 23.8 Å². The number of benzene rings is 2. The normalized spacial score (nSPS) is 10.4. The first-order valence-electron chi connectivity index (χ1n) is 7.42. The lowest BCUT2D eigenvalue weighted by atomic mass is 10.2. The van der Waals surface area contributed by atoms with Crippen molar-refractivity contribution in [2.75, 3.05) is 12.3 Å². The molecule has 2 rings (SSSR count). The number of nitrogens with two attached hydrogens (primary N) is 1. The Balaban J connectivity index is 1.84. The lowest BCUT2D eigenvalue weighted by Gasteiger charge is -2.11. The predicted octanol–water partition coefficient (Wildman–Crippen LogP) is 3.45. The van der Waals surface area contributed by atoms with Crippen LogP contribution >= 0.6 is 0 Å². The summed E-state index contributed by atoms with van der Waals surface area (Å²) >= 11 is 0. The molecule has 136 valence electrons. The van der Waals surface area contributed by atoms with Crippen molar-refractivity contribution in [3.63, 3.8) is 0 Å². The summed E-state index contributed by atoms with van der Waals surface area (Å²) in [6.45, 7) is 0.0870. The third-order valence-electron chi connectivity index (χ3n) is 3.01. The molecule has 26 heavy (non-hydrogen) atoms. The number of anilines is 1. The lowest BCUT2D eigenvalue weighted by molar-refractivity contribution is -0.274. The molecule has 0 bridgehead atoms. The fourth-order valence-electron chi connectivity index (χ4n) is 1.86. The summed E-state index contributed by atoms with van der Waals surface area (Å²) in [5, 5.41) is 2.42. The second-order valence-electron chi connectivity index (χ2n) is 5.02. The number of hydrogen-bond donors (Lipinski definition) is 2. The molecule has 0 spiro atoms. The van der Waals surface area contributed by atoms with Crippen molar-refractivity contribution in [2.24, 2.45) is 0 Å². The second-order valence-corrected chi connectivity index (χ2v) is 5.02. The summed E-state index contributed by atoms with van der Waals surface area (Å²) in [4.78, 5) is 11.5. The van der Waals surface area contributed by atoms with E-state index >= 15 is 0 Å². The number of ether oxygens (including phenoxy) is 2. The molecule has 0 aliphatic heterocycles. The van der Waals surface area contributed by atoms with Crippen molar-refractivity contribution >= 4 is 11.8 Å². The molecule has 2 aromatic rings. The molecule has 2 aromatic carbocycles. The van der Waals surface area contributed by atoms with Crippen molar-refractivity contribution < 1.29 is 27.4 Å². The number of rotatable bonds is 4. The smallest absolute Gasteiger partial charge is 0.445 e. The molecule has 1 amide bonds. The third kappa shape index (κ3) is 6.65.